The van der Waals surface area contributed by atoms with Crippen LogP contribution >= 0.6 is 34.4 Å². The molecule has 0 fully saturated rings. The fraction of sp³-hybridized carbons (Fsp3) is 0.250. The lowest BCUT2D eigenvalue weighted by atomic mass is 10.1. The zero-order valence-corrected chi connectivity index (χ0v) is 18.8. The number of carbonyl (C=O) groups excluding carboxylic acids is 1. The van der Waals surface area contributed by atoms with Crippen molar-refractivity contribution in [1.82, 2.24) is 24.6 Å². The summed E-state index contributed by atoms with van der Waals surface area (Å²) >= 11 is 4.67. The van der Waals surface area contributed by atoms with Gasteiger partial charge in [0.2, 0.25) is 0 Å². The highest BCUT2D eigenvalue weighted by Crippen LogP contribution is 2.36. The third kappa shape index (κ3) is 3.55. The molecule has 1 aliphatic heterocycles. The molecule has 0 saturated carbocycles. The van der Waals surface area contributed by atoms with Gasteiger partial charge < -0.3 is 0 Å². The summed E-state index contributed by atoms with van der Waals surface area (Å²) in [7, 11) is 0. The van der Waals surface area contributed by atoms with Crippen molar-refractivity contribution in [3.63, 3.8) is 0 Å². The molecular weight excluding hydrogens is 436 g/mol. The van der Waals surface area contributed by atoms with E-state index in [1.165, 1.54) is 11.8 Å². The second kappa shape index (κ2) is 7.93. The maximum absolute atomic E-state index is 13.2. The van der Waals surface area contributed by atoms with Crippen LogP contribution in [0, 0.1) is 13.8 Å². The van der Waals surface area contributed by atoms with E-state index < -0.39 is 0 Å². The number of hydrogen-bond donors (Lipinski definition) is 0. The van der Waals surface area contributed by atoms with Gasteiger partial charge in [0, 0.05) is 22.7 Å². The SMILES string of the molecule is Cc1cc(C)n2c(SCC(=O)N3N=C(c4cccs4)CC3c3cccs3)nnc2n1. The molecule has 4 aromatic rings. The standard InChI is InChI=1S/C20H18N6OS3/c1-12-9-13(2)25-19(21-12)22-23-20(25)30-11-18(27)26-15(17-6-4-8-29-17)10-14(24-26)16-5-3-7-28-16/h3-9,15H,10-11H2,1-2H3. The predicted octanol–water partition coefficient (Wildman–Crippen LogP) is 4.33. The maximum Gasteiger partial charge on any atom is 0.256 e. The second-order valence-electron chi connectivity index (χ2n) is 6.94. The normalized spacial score (nSPS) is 16.4. The Bertz CT molecular complexity index is 1230. The van der Waals surface area contributed by atoms with Gasteiger partial charge in [-0.15, -0.1) is 32.9 Å². The molecule has 0 bridgehead atoms. The van der Waals surface area contributed by atoms with Gasteiger partial charge in [-0.05, 0) is 42.8 Å². The topological polar surface area (TPSA) is 75.8 Å². The molecule has 0 saturated heterocycles. The van der Waals surface area contributed by atoms with E-state index in [0.717, 1.165) is 33.3 Å². The molecule has 30 heavy (non-hydrogen) atoms. The van der Waals surface area contributed by atoms with Crippen molar-refractivity contribution < 1.29 is 4.79 Å². The Morgan fingerprint density at radius 2 is 2.03 bits per heavy atom. The van der Waals surface area contributed by atoms with Crippen molar-refractivity contribution in [2.24, 2.45) is 5.10 Å². The largest absolute Gasteiger partial charge is 0.272 e. The Morgan fingerprint density at radius 1 is 1.20 bits per heavy atom. The number of hydrazone groups is 1. The molecule has 5 rings (SSSR count). The van der Waals surface area contributed by atoms with E-state index in [0.29, 0.717) is 10.9 Å². The second-order valence-corrected chi connectivity index (χ2v) is 9.81. The number of hydrogen-bond acceptors (Lipinski definition) is 8. The first kappa shape index (κ1) is 19.4. The molecule has 1 aliphatic rings. The van der Waals surface area contributed by atoms with Crippen LogP contribution in [-0.4, -0.2) is 42.0 Å². The molecule has 1 unspecified atom stereocenters. The molecule has 1 amide bonds. The van der Waals surface area contributed by atoms with E-state index in [9.17, 15) is 4.79 Å². The smallest absolute Gasteiger partial charge is 0.256 e. The molecule has 0 aliphatic carbocycles. The number of fused-ring (bicyclic) bond motifs is 1. The first-order valence-electron chi connectivity index (χ1n) is 9.39. The van der Waals surface area contributed by atoms with Crippen LogP contribution in [0.15, 0.2) is 51.3 Å². The van der Waals surface area contributed by atoms with E-state index in [2.05, 4.69) is 27.3 Å². The molecule has 4 aromatic heterocycles. The number of aryl methyl sites for hydroxylation is 2. The number of amides is 1. The van der Waals surface area contributed by atoms with E-state index in [4.69, 9.17) is 5.10 Å². The lowest BCUT2D eigenvalue weighted by molar-refractivity contribution is -0.130. The molecule has 5 heterocycles. The van der Waals surface area contributed by atoms with Crippen LogP contribution in [-0.2, 0) is 4.79 Å². The lowest BCUT2D eigenvalue weighted by Crippen LogP contribution is -2.28. The van der Waals surface area contributed by atoms with Crippen LogP contribution in [0.1, 0.15) is 33.6 Å². The Hall–Kier alpha value is -2.56. The van der Waals surface area contributed by atoms with Gasteiger partial charge in [-0.1, -0.05) is 23.9 Å². The van der Waals surface area contributed by atoms with Crippen LogP contribution in [0.4, 0.5) is 0 Å². The third-order valence-electron chi connectivity index (χ3n) is 4.83. The summed E-state index contributed by atoms with van der Waals surface area (Å²) in [6, 6.07) is 10.1. The first-order chi connectivity index (χ1) is 14.6. The fourth-order valence-corrected chi connectivity index (χ4v) is 5.89. The molecule has 10 heteroatoms. The molecule has 1 atom stereocenters. The highest BCUT2D eigenvalue weighted by molar-refractivity contribution is 7.99. The minimum atomic E-state index is -0.0589. The number of carbonyl (C=O) groups is 1. The molecule has 0 radical (unpaired) electrons. The predicted molar refractivity (Wildman–Crippen MR) is 120 cm³/mol. The Kier molecular flexibility index (Phi) is 5.13. The van der Waals surface area contributed by atoms with Crippen molar-refractivity contribution in [2.75, 3.05) is 5.75 Å². The summed E-state index contributed by atoms with van der Waals surface area (Å²) in [6.45, 7) is 3.92. The minimum absolute atomic E-state index is 0.0422. The Balaban J connectivity index is 1.39. The summed E-state index contributed by atoms with van der Waals surface area (Å²) in [6.07, 6.45) is 0.730. The van der Waals surface area contributed by atoms with Crippen LogP contribution in [0.3, 0.4) is 0 Å². The monoisotopic (exact) mass is 454 g/mol. The molecule has 0 aromatic carbocycles. The first-order valence-corrected chi connectivity index (χ1v) is 12.1. The van der Waals surface area contributed by atoms with Crippen LogP contribution in [0.2, 0.25) is 0 Å². The summed E-state index contributed by atoms with van der Waals surface area (Å²) in [5.74, 6) is 0.745. The quantitative estimate of drug-likeness (QED) is 0.420. The molecule has 0 N–H and O–H groups in total. The van der Waals surface area contributed by atoms with Gasteiger partial charge in [0.15, 0.2) is 5.16 Å². The zero-order valence-electron chi connectivity index (χ0n) is 16.3. The van der Waals surface area contributed by atoms with Gasteiger partial charge in [0.1, 0.15) is 0 Å². The van der Waals surface area contributed by atoms with Crippen molar-refractivity contribution >= 4 is 51.8 Å². The molecule has 152 valence electrons. The lowest BCUT2D eigenvalue weighted by Gasteiger charge is -2.20. The van der Waals surface area contributed by atoms with Gasteiger partial charge >= 0.3 is 0 Å². The summed E-state index contributed by atoms with van der Waals surface area (Å²) in [5.41, 5.74) is 2.85. The van der Waals surface area contributed by atoms with Gasteiger partial charge in [-0.3, -0.25) is 9.20 Å². The van der Waals surface area contributed by atoms with Gasteiger partial charge in [-0.2, -0.15) is 5.10 Å². The Labute approximate surface area is 185 Å². The van der Waals surface area contributed by atoms with Crippen molar-refractivity contribution in [3.05, 3.63) is 62.2 Å². The number of thioether (sulfide) groups is 1. The number of thiophene rings is 2. The summed E-state index contributed by atoms with van der Waals surface area (Å²) < 4.78 is 1.88. The highest BCUT2D eigenvalue weighted by atomic mass is 32.2. The van der Waals surface area contributed by atoms with Crippen molar-refractivity contribution in [2.45, 2.75) is 31.5 Å². The average Bonchev–Trinajstić information content (AvgIpc) is 3.52. The third-order valence-corrected chi connectivity index (χ3v) is 7.64. The van der Waals surface area contributed by atoms with Crippen LogP contribution in [0.5, 0.6) is 0 Å². The summed E-state index contributed by atoms with van der Waals surface area (Å²) in [5, 5.41) is 19.5. The minimum Gasteiger partial charge on any atom is -0.272 e. The number of aromatic nitrogens is 4. The van der Waals surface area contributed by atoms with Crippen molar-refractivity contribution in [1.29, 1.82) is 0 Å². The van der Waals surface area contributed by atoms with E-state index in [1.807, 2.05) is 47.2 Å². The van der Waals surface area contributed by atoms with Crippen molar-refractivity contribution in [3.8, 4) is 0 Å². The van der Waals surface area contributed by atoms with Crippen LogP contribution < -0.4 is 0 Å². The zero-order chi connectivity index (χ0) is 20.7. The fourth-order valence-electron chi connectivity index (χ4n) is 3.52. The average molecular weight is 455 g/mol. The van der Waals surface area contributed by atoms with E-state index in [-0.39, 0.29) is 17.7 Å². The van der Waals surface area contributed by atoms with Crippen LogP contribution in [0.25, 0.3) is 5.78 Å². The van der Waals surface area contributed by atoms with E-state index >= 15 is 0 Å². The molecule has 0 spiro atoms. The van der Waals surface area contributed by atoms with Gasteiger partial charge in [0.05, 0.1) is 22.4 Å². The summed E-state index contributed by atoms with van der Waals surface area (Å²) in [4.78, 5) is 19.8. The Morgan fingerprint density at radius 3 is 2.80 bits per heavy atom. The number of rotatable bonds is 5. The van der Waals surface area contributed by atoms with Gasteiger partial charge in [0.25, 0.3) is 11.7 Å². The highest BCUT2D eigenvalue weighted by Gasteiger charge is 2.34. The van der Waals surface area contributed by atoms with E-state index in [1.54, 1.807) is 27.7 Å². The maximum atomic E-state index is 13.2. The molecule has 7 nitrogen and oxygen atoms in total. The molecular formula is C20H18N6OS3. The van der Waals surface area contributed by atoms with Gasteiger partial charge in [-0.25, -0.2) is 9.99 Å². The number of nitrogens with zero attached hydrogens (tertiary/aromatic N) is 6.